The van der Waals surface area contributed by atoms with Crippen molar-refractivity contribution in [2.75, 3.05) is 32.7 Å². The lowest BCUT2D eigenvalue weighted by Crippen LogP contribution is -2.49. The largest absolute Gasteiger partial charge is 0.336 e. The summed E-state index contributed by atoms with van der Waals surface area (Å²) >= 11 is 0. The second-order valence-electron chi connectivity index (χ2n) is 6.31. The number of rotatable bonds is 5. The van der Waals surface area contributed by atoms with Gasteiger partial charge in [0.1, 0.15) is 5.82 Å². The molecule has 0 N–H and O–H groups in total. The van der Waals surface area contributed by atoms with E-state index in [-0.39, 0.29) is 17.4 Å². The van der Waals surface area contributed by atoms with Crippen LogP contribution in [0.2, 0.25) is 0 Å². The van der Waals surface area contributed by atoms with Crippen molar-refractivity contribution < 1.29 is 14.1 Å². The van der Waals surface area contributed by atoms with E-state index in [1.54, 1.807) is 17.0 Å². The van der Waals surface area contributed by atoms with Gasteiger partial charge >= 0.3 is 0 Å². The molecule has 6 nitrogen and oxygen atoms in total. The van der Waals surface area contributed by atoms with E-state index in [0.29, 0.717) is 18.7 Å². The molecule has 2 aromatic carbocycles. The molecule has 136 valence electrons. The minimum Gasteiger partial charge on any atom is -0.336 e. The maximum atomic E-state index is 12.9. The second kappa shape index (κ2) is 8.05. The van der Waals surface area contributed by atoms with Crippen LogP contribution in [-0.4, -0.2) is 53.4 Å². The number of nitro groups is 1. The Morgan fingerprint density at radius 1 is 1.00 bits per heavy atom. The average Bonchev–Trinajstić information content (AvgIpc) is 2.67. The first-order valence-electron chi connectivity index (χ1n) is 8.53. The van der Waals surface area contributed by atoms with Crippen molar-refractivity contribution in [1.29, 1.82) is 0 Å². The molecule has 1 fully saturated rings. The Morgan fingerprint density at radius 3 is 2.19 bits per heavy atom. The van der Waals surface area contributed by atoms with Gasteiger partial charge in [-0.15, -0.1) is 0 Å². The van der Waals surface area contributed by atoms with Crippen LogP contribution < -0.4 is 0 Å². The van der Waals surface area contributed by atoms with Crippen LogP contribution in [0.1, 0.15) is 15.9 Å². The number of non-ortho nitro benzene ring substituents is 1. The molecule has 1 saturated heterocycles. The SMILES string of the molecule is O=C(c1ccc([N+](=O)[O-])cc1)N1CCN(CCc2ccc(F)cc2)CC1. The molecule has 0 saturated carbocycles. The summed E-state index contributed by atoms with van der Waals surface area (Å²) in [5, 5.41) is 10.7. The van der Waals surface area contributed by atoms with E-state index in [9.17, 15) is 19.3 Å². The van der Waals surface area contributed by atoms with Gasteiger partial charge in [0, 0.05) is 50.4 Å². The van der Waals surface area contributed by atoms with E-state index in [4.69, 9.17) is 0 Å². The van der Waals surface area contributed by atoms with Gasteiger partial charge in [-0.25, -0.2) is 4.39 Å². The van der Waals surface area contributed by atoms with Crippen molar-refractivity contribution in [2.45, 2.75) is 6.42 Å². The van der Waals surface area contributed by atoms with Crippen molar-refractivity contribution in [3.63, 3.8) is 0 Å². The molecule has 0 bridgehead atoms. The minimum atomic E-state index is -0.478. The maximum absolute atomic E-state index is 12.9. The van der Waals surface area contributed by atoms with Crippen molar-refractivity contribution in [3.8, 4) is 0 Å². The highest BCUT2D eigenvalue weighted by atomic mass is 19.1. The number of benzene rings is 2. The first-order chi connectivity index (χ1) is 12.5. The van der Waals surface area contributed by atoms with Crippen LogP contribution in [0, 0.1) is 15.9 Å². The van der Waals surface area contributed by atoms with Crippen molar-refractivity contribution in [1.82, 2.24) is 9.80 Å². The van der Waals surface area contributed by atoms with Crippen molar-refractivity contribution in [2.24, 2.45) is 0 Å². The molecule has 0 aliphatic carbocycles. The van der Waals surface area contributed by atoms with Gasteiger partial charge in [-0.3, -0.25) is 19.8 Å². The van der Waals surface area contributed by atoms with Gasteiger partial charge in [0.05, 0.1) is 4.92 Å². The molecule has 1 aliphatic rings. The Labute approximate surface area is 151 Å². The molecular weight excluding hydrogens is 337 g/mol. The highest BCUT2D eigenvalue weighted by Crippen LogP contribution is 2.15. The molecule has 0 radical (unpaired) electrons. The van der Waals surface area contributed by atoms with Gasteiger partial charge in [-0.05, 0) is 36.2 Å². The average molecular weight is 357 g/mol. The molecule has 1 aliphatic heterocycles. The maximum Gasteiger partial charge on any atom is 0.269 e. The summed E-state index contributed by atoms with van der Waals surface area (Å²) in [6, 6.07) is 12.2. The second-order valence-corrected chi connectivity index (χ2v) is 6.31. The summed E-state index contributed by atoms with van der Waals surface area (Å²) in [7, 11) is 0. The van der Waals surface area contributed by atoms with E-state index < -0.39 is 4.92 Å². The molecule has 0 spiro atoms. The molecular formula is C19H20FN3O3. The highest BCUT2D eigenvalue weighted by molar-refractivity contribution is 5.94. The molecule has 0 aromatic heterocycles. The lowest BCUT2D eigenvalue weighted by Gasteiger charge is -2.34. The van der Waals surface area contributed by atoms with Crippen molar-refractivity contribution in [3.05, 3.63) is 75.6 Å². The fourth-order valence-electron chi connectivity index (χ4n) is 3.02. The summed E-state index contributed by atoms with van der Waals surface area (Å²) in [4.78, 5) is 26.8. The number of hydrogen-bond acceptors (Lipinski definition) is 4. The molecule has 26 heavy (non-hydrogen) atoms. The fraction of sp³-hybridized carbons (Fsp3) is 0.316. The van der Waals surface area contributed by atoms with E-state index in [2.05, 4.69) is 4.90 Å². The van der Waals surface area contributed by atoms with Crippen LogP contribution >= 0.6 is 0 Å². The number of amides is 1. The van der Waals surface area contributed by atoms with Gasteiger partial charge in [0.25, 0.3) is 11.6 Å². The lowest BCUT2D eigenvalue weighted by atomic mass is 10.1. The molecule has 0 atom stereocenters. The zero-order valence-electron chi connectivity index (χ0n) is 14.3. The third-order valence-electron chi connectivity index (χ3n) is 4.61. The van der Waals surface area contributed by atoms with E-state index in [1.807, 2.05) is 0 Å². The minimum absolute atomic E-state index is 0.0211. The Hall–Kier alpha value is -2.80. The lowest BCUT2D eigenvalue weighted by molar-refractivity contribution is -0.384. The highest BCUT2D eigenvalue weighted by Gasteiger charge is 2.22. The number of carbonyl (C=O) groups excluding carboxylic acids is 1. The van der Waals surface area contributed by atoms with Crippen LogP contribution in [0.5, 0.6) is 0 Å². The third-order valence-corrected chi connectivity index (χ3v) is 4.61. The monoisotopic (exact) mass is 357 g/mol. The predicted octanol–water partition coefficient (Wildman–Crippen LogP) is 2.73. The molecule has 3 rings (SSSR count). The first kappa shape index (κ1) is 18.0. The zero-order chi connectivity index (χ0) is 18.5. The number of piperazine rings is 1. The van der Waals surface area contributed by atoms with Gasteiger partial charge in [-0.2, -0.15) is 0 Å². The first-order valence-corrected chi connectivity index (χ1v) is 8.53. The van der Waals surface area contributed by atoms with Gasteiger partial charge in [-0.1, -0.05) is 12.1 Å². The molecule has 0 unspecified atom stereocenters. The Kier molecular flexibility index (Phi) is 5.58. The Balaban J connectivity index is 1.49. The quantitative estimate of drug-likeness (QED) is 0.610. The van der Waals surface area contributed by atoms with Gasteiger partial charge < -0.3 is 4.90 Å². The van der Waals surface area contributed by atoms with E-state index in [1.165, 1.54) is 36.4 Å². The molecule has 7 heteroatoms. The van der Waals surface area contributed by atoms with E-state index >= 15 is 0 Å². The van der Waals surface area contributed by atoms with E-state index in [0.717, 1.165) is 31.6 Å². The number of nitrogens with zero attached hydrogens (tertiary/aromatic N) is 3. The van der Waals surface area contributed by atoms with Gasteiger partial charge in [0.2, 0.25) is 0 Å². The standard InChI is InChI=1S/C19H20FN3O3/c20-17-5-1-15(2-6-17)9-10-21-11-13-22(14-12-21)19(24)16-3-7-18(8-4-16)23(25)26/h1-8H,9-14H2. The molecule has 1 heterocycles. The topological polar surface area (TPSA) is 66.7 Å². The van der Waals surface area contributed by atoms with Crippen LogP contribution in [-0.2, 0) is 6.42 Å². The van der Waals surface area contributed by atoms with Crippen LogP contribution in [0.3, 0.4) is 0 Å². The van der Waals surface area contributed by atoms with Crippen molar-refractivity contribution >= 4 is 11.6 Å². The van der Waals surface area contributed by atoms with Gasteiger partial charge in [0.15, 0.2) is 0 Å². The smallest absolute Gasteiger partial charge is 0.269 e. The Bertz CT molecular complexity index is 770. The van der Waals surface area contributed by atoms with Crippen LogP contribution in [0.15, 0.2) is 48.5 Å². The zero-order valence-corrected chi connectivity index (χ0v) is 14.3. The summed E-state index contributed by atoms with van der Waals surface area (Å²) in [5.41, 5.74) is 1.54. The molecule has 1 amide bonds. The summed E-state index contributed by atoms with van der Waals surface area (Å²) in [6.45, 7) is 3.67. The molecule has 2 aromatic rings. The number of halogens is 1. The summed E-state index contributed by atoms with van der Waals surface area (Å²) < 4.78 is 12.9. The van der Waals surface area contributed by atoms with Crippen LogP contribution in [0.4, 0.5) is 10.1 Å². The Morgan fingerprint density at radius 2 is 1.62 bits per heavy atom. The normalized spacial score (nSPS) is 15.0. The summed E-state index contributed by atoms with van der Waals surface area (Å²) in [6.07, 6.45) is 0.844. The van der Waals surface area contributed by atoms with Crippen LogP contribution in [0.25, 0.3) is 0 Å². The summed E-state index contributed by atoms with van der Waals surface area (Å²) in [5.74, 6) is -0.329. The predicted molar refractivity (Wildman–Crippen MR) is 95.5 cm³/mol. The number of carbonyl (C=O) groups is 1. The number of nitro benzene ring substituents is 1. The third kappa shape index (κ3) is 4.43. The fourth-order valence-corrected chi connectivity index (χ4v) is 3.02. The number of hydrogen-bond donors (Lipinski definition) is 0.